The molecular weight excluding hydrogens is 344 g/mol. The molecule has 1 aliphatic rings. The fraction of sp³-hybridized carbons (Fsp3) is 0.917. The van der Waals surface area contributed by atoms with Crippen molar-refractivity contribution in [3.05, 3.63) is 5.41 Å². The quantitative estimate of drug-likeness (QED) is 0.208. The summed E-state index contributed by atoms with van der Waals surface area (Å²) in [5.74, 6) is 0.977. The van der Waals surface area contributed by atoms with E-state index in [1.165, 1.54) is 135 Å². The number of quaternary nitrogens is 1. The highest BCUT2D eigenvalue weighted by Gasteiger charge is 2.18. The molecule has 0 aromatic carbocycles. The Kier molecular flexibility index (Phi) is 21.2. The van der Waals surface area contributed by atoms with E-state index >= 15 is 0 Å². The Hall–Kier alpha value is -1.17. The summed E-state index contributed by atoms with van der Waals surface area (Å²) >= 11 is 0. The average Bonchev–Trinajstić information content (AvgIpc) is 2.69. The highest BCUT2D eigenvalue weighted by molar-refractivity contribution is 5.46. The number of nitriles is 1. The topological polar surface area (TPSA) is 62.9 Å². The molecule has 0 spiro atoms. The molecule has 1 fully saturated rings. The molecule has 0 aromatic rings. The van der Waals surface area contributed by atoms with Crippen LogP contribution in [0.25, 0.3) is 5.41 Å². The van der Waals surface area contributed by atoms with Crippen LogP contribution >= 0.6 is 0 Å². The smallest absolute Gasteiger partial charge is 0.0925 e. The molecule has 2 unspecified atom stereocenters. The third-order valence-corrected chi connectivity index (χ3v) is 5.85. The van der Waals surface area contributed by atoms with Crippen LogP contribution in [0, 0.1) is 17.4 Å². The van der Waals surface area contributed by atoms with Crippen LogP contribution in [-0.2, 0) is 0 Å². The fourth-order valence-corrected chi connectivity index (χ4v) is 4.22. The summed E-state index contributed by atoms with van der Waals surface area (Å²) in [6.45, 7) is 9.07. The van der Waals surface area contributed by atoms with E-state index in [2.05, 4.69) is 18.8 Å². The van der Waals surface area contributed by atoms with Crippen LogP contribution in [0.1, 0.15) is 117 Å². The molecule has 0 aliphatic carbocycles. The van der Waals surface area contributed by atoms with Gasteiger partial charge in [0.2, 0.25) is 0 Å². The monoisotopic (exact) mass is 390 g/mol. The van der Waals surface area contributed by atoms with Crippen molar-refractivity contribution in [3.8, 4) is 6.19 Å². The summed E-state index contributed by atoms with van der Waals surface area (Å²) < 4.78 is 0. The lowest BCUT2D eigenvalue weighted by molar-refractivity contribution is -0.908. The molecule has 162 valence electrons. The summed E-state index contributed by atoms with van der Waals surface area (Å²) in [6, 6.07) is 1.28. The van der Waals surface area contributed by atoms with Gasteiger partial charge in [0.25, 0.3) is 0 Å². The molecule has 2 atom stereocenters. The zero-order valence-electron chi connectivity index (χ0n) is 18.9. The van der Waals surface area contributed by atoms with Crippen LogP contribution in [0.3, 0.4) is 0 Å². The van der Waals surface area contributed by atoms with Crippen LogP contribution in [0.15, 0.2) is 4.99 Å². The molecule has 1 rings (SSSR count). The molecule has 0 radical (unpaired) electrons. The second kappa shape index (κ2) is 22.1. The summed E-state index contributed by atoms with van der Waals surface area (Å²) in [6.07, 6.45) is 24.8. The summed E-state index contributed by atoms with van der Waals surface area (Å²) in [4.78, 5) is 4.47. The highest BCUT2D eigenvalue weighted by atomic mass is 15.1. The van der Waals surface area contributed by atoms with Crippen LogP contribution in [-0.4, -0.2) is 25.6 Å². The van der Waals surface area contributed by atoms with E-state index in [1.807, 2.05) is 4.90 Å². The van der Waals surface area contributed by atoms with E-state index in [-0.39, 0.29) is 0 Å². The van der Waals surface area contributed by atoms with Crippen LogP contribution in [0.4, 0.5) is 0 Å². The Morgan fingerprint density at radius 2 is 1.39 bits per heavy atom. The molecule has 4 heteroatoms. The van der Waals surface area contributed by atoms with Crippen molar-refractivity contribution >= 4 is 6.01 Å². The first kappa shape index (κ1) is 26.8. The molecule has 0 aromatic heterocycles. The molecule has 0 amide bonds. The number of aliphatic imine (C=N–C) groups is 1. The van der Waals surface area contributed by atoms with Crippen molar-refractivity contribution in [2.75, 3.05) is 19.6 Å². The Morgan fingerprint density at radius 1 is 0.893 bits per heavy atom. The lowest BCUT2D eigenvalue weighted by Crippen LogP contribution is -3.13. The zero-order chi connectivity index (χ0) is 20.7. The Labute approximate surface area is 175 Å². The van der Waals surface area contributed by atoms with Gasteiger partial charge >= 0.3 is 0 Å². The van der Waals surface area contributed by atoms with Gasteiger partial charge < -0.3 is 15.3 Å². The first-order valence-corrected chi connectivity index (χ1v) is 12.1. The number of nitrogens with one attached hydrogen (secondary N) is 1. The number of likely N-dealkylation sites (tertiary alicyclic amines) is 1. The summed E-state index contributed by atoms with van der Waals surface area (Å²) in [5, 5.41) is 14.9. The van der Waals surface area contributed by atoms with Gasteiger partial charge in [-0.15, -0.1) is 6.01 Å². The number of hydrogen-bond donors (Lipinski definition) is 1. The van der Waals surface area contributed by atoms with E-state index in [4.69, 9.17) is 10.7 Å². The van der Waals surface area contributed by atoms with Gasteiger partial charge in [0, 0.05) is 5.92 Å². The Bertz CT molecular complexity index is 409. The van der Waals surface area contributed by atoms with Gasteiger partial charge in [0.15, 0.2) is 0 Å². The first-order chi connectivity index (χ1) is 13.7. The third-order valence-electron chi connectivity index (χ3n) is 5.85. The molecule has 4 nitrogen and oxygen atoms in total. The second-order valence-corrected chi connectivity index (χ2v) is 8.61. The lowest BCUT2D eigenvalue weighted by Gasteiger charge is -2.27. The number of rotatable bonds is 15. The number of unbranched alkanes of at least 4 members (excludes halogenated alkanes) is 13. The average molecular weight is 391 g/mol. The normalized spacial score (nSPS) is 18.5. The Balaban J connectivity index is 0.00000129. The third kappa shape index (κ3) is 19.6. The minimum absolute atomic E-state index is 0.977. The molecule has 0 bridgehead atoms. The highest BCUT2D eigenvalue weighted by Crippen LogP contribution is 2.12. The van der Waals surface area contributed by atoms with Gasteiger partial charge in [-0.2, -0.15) is 5.26 Å². The number of nitrogens with zero attached hydrogens (tertiary/aromatic N) is 3. The van der Waals surface area contributed by atoms with E-state index in [0.29, 0.717) is 0 Å². The summed E-state index contributed by atoms with van der Waals surface area (Å²) in [7, 11) is 0. The number of piperidine rings is 1. The minimum Gasteiger partial charge on any atom is -0.422 e. The van der Waals surface area contributed by atoms with Crippen LogP contribution in [0.5, 0.6) is 0 Å². The second-order valence-electron chi connectivity index (χ2n) is 8.61. The SMILES string of the molecule is CCCCCCCCCCCCCCCC[NH+]1CCCC(C)C1.N#CN=C=[N-]. The maximum Gasteiger partial charge on any atom is 0.0925 e. The van der Waals surface area contributed by atoms with E-state index in [0.717, 1.165) is 5.92 Å². The largest absolute Gasteiger partial charge is 0.422 e. The van der Waals surface area contributed by atoms with Crippen molar-refractivity contribution in [1.82, 2.24) is 0 Å². The maximum absolute atomic E-state index is 7.43. The first-order valence-electron chi connectivity index (χ1n) is 12.1. The van der Waals surface area contributed by atoms with Gasteiger partial charge in [0.1, 0.15) is 0 Å². The minimum atomic E-state index is 0.977. The van der Waals surface area contributed by atoms with Gasteiger partial charge in [-0.25, -0.2) is 0 Å². The Morgan fingerprint density at radius 3 is 1.79 bits per heavy atom. The molecular formula is C24H46N4. The van der Waals surface area contributed by atoms with E-state index in [9.17, 15) is 0 Å². The van der Waals surface area contributed by atoms with E-state index in [1.54, 1.807) is 0 Å². The van der Waals surface area contributed by atoms with Gasteiger partial charge in [0.05, 0.1) is 25.8 Å². The fourth-order valence-electron chi connectivity index (χ4n) is 4.22. The molecule has 1 N–H and O–H groups in total. The predicted molar refractivity (Wildman–Crippen MR) is 121 cm³/mol. The van der Waals surface area contributed by atoms with Crippen molar-refractivity contribution in [2.45, 2.75) is 117 Å². The molecule has 1 saturated heterocycles. The van der Waals surface area contributed by atoms with Gasteiger partial charge in [-0.3, -0.25) is 0 Å². The van der Waals surface area contributed by atoms with Crippen molar-refractivity contribution in [2.24, 2.45) is 10.9 Å². The number of hydrogen-bond acceptors (Lipinski definition) is 2. The zero-order valence-corrected chi connectivity index (χ0v) is 18.9. The van der Waals surface area contributed by atoms with Crippen LogP contribution in [0.2, 0.25) is 0 Å². The predicted octanol–water partition coefficient (Wildman–Crippen LogP) is 5.99. The maximum atomic E-state index is 7.43. The summed E-state index contributed by atoms with van der Waals surface area (Å²) in [5.41, 5.74) is 0. The lowest BCUT2D eigenvalue weighted by atomic mass is 10.00. The molecule has 28 heavy (non-hydrogen) atoms. The molecule has 1 heterocycles. The molecule has 0 saturated carbocycles. The standard InChI is InChI=1S/C22H45N.C2N3/c1-3-4-5-6-7-8-9-10-11-12-13-14-15-16-19-23-20-17-18-22(2)21-23;3-1-5-2-4/h22H,3-21H2,1-2H3;/q;-1/p+1. The van der Waals surface area contributed by atoms with Crippen molar-refractivity contribution < 1.29 is 4.90 Å². The van der Waals surface area contributed by atoms with Crippen molar-refractivity contribution in [1.29, 1.82) is 5.26 Å². The molecule has 1 aliphatic heterocycles. The van der Waals surface area contributed by atoms with Gasteiger partial charge in [-0.05, 0) is 25.7 Å². The van der Waals surface area contributed by atoms with Crippen LogP contribution < -0.4 is 4.90 Å². The van der Waals surface area contributed by atoms with Gasteiger partial charge in [-0.1, -0.05) is 90.9 Å². The van der Waals surface area contributed by atoms with E-state index < -0.39 is 0 Å². The van der Waals surface area contributed by atoms with Crippen molar-refractivity contribution in [3.63, 3.8) is 0 Å².